The van der Waals surface area contributed by atoms with E-state index >= 15 is 0 Å². The van der Waals surface area contributed by atoms with Gasteiger partial charge >= 0.3 is 0 Å². The van der Waals surface area contributed by atoms with E-state index in [9.17, 15) is 0 Å². The minimum absolute atomic E-state index is 0.726. The second-order valence-electron chi connectivity index (χ2n) is 3.71. The van der Waals surface area contributed by atoms with E-state index in [4.69, 9.17) is 0 Å². The lowest BCUT2D eigenvalue weighted by molar-refractivity contribution is 0.776. The van der Waals surface area contributed by atoms with Crippen LogP contribution in [0.25, 0.3) is 5.78 Å². The van der Waals surface area contributed by atoms with E-state index in [-0.39, 0.29) is 0 Å². The van der Waals surface area contributed by atoms with Crippen LogP contribution < -0.4 is 0 Å². The van der Waals surface area contributed by atoms with Gasteiger partial charge in [-0.15, -0.1) is 0 Å². The van der Waals surface area contributed by atoms with Crippen LogP contribution >= 0.6 is 0 Å². The fourth-order valence-corrected chi connectivity index (χ4v) is 1.75. The van der Waals surface area contributed by atoms with Crippen molar-refractivity contribution < 1.29 is 0 Å². The van der Waals surface area contributed by atoms with Crippen LogP contribution in [0, 0.1) is 0 Å². The zero-order chi connectivity index (χ0) is 10.7. The maximum absolute atomic E-state index is 4.46. The molecule has 0 saturated heterocycles. The molecule has 0 aliphatic carbocycles. The molecular weight excluding hydrogens is 188 g/mol. The molecule has 0 bridgehead atoms. The molecule has 15 heavy (non-hydrogen) atoms. The van der Waals surface area contributed by atoms with Crippen molar-refractivity contribution in [2.45, 2.75) is 39.5 Å². The summed E-state index contributed by atoms with van der Waals surface area (Å²) in [6.07, 6.45) is 5.84. The second kappa shape index (κ2) is 4.38. The smallest absolute Gasteiger partial charge is 0.216 e. The van der Waals surface area contributed by atoms with E-state index in [0.29, 0.717) is 0 Å². The van der Waals surface area contributed by atoms with Gasteiger partial charge in [-0.1, -0.05) is 26.7 Å². The second-order valence-corrected chi connectivity index (χ2v) is 3.71. The molecule has 4 nitrogen and oxygen atoms in total. The summed E-state index contributed by atoms with van der Waals surface area (Å²) in [5.74, 6) is 0.726. The Morgan fingerprint density at radius 1 is 1.20 bits per heavy atom. The summed E-state index contributed by atoms with van der Waals surface area (Å²) in [6.45, 7) is 4.33. The number of rotatable bonds is 4. The van der Waals surface area contributed by atoms with Crippen molar-refractivity contribution >= 4 is 5.78 Å². The Balaban J connectivity index is 2.48. The van der Waals surface area contributed by atoms with E-state index in [1.807, 2.05) is 4.52 Å². The Bertz CT molecular complexity index is 447. The van der Waals surface area contributed by atoms with Gasteiger partial charge < -0.3 is 0 Å². The van der Waals surface area contributed by atoms with Crippen molar-refractivity contribution in [2.75, 3.05) is 0 Å². The van der Waals surface area contributed by atoms with Gasteiger partial charge in [0.25, 0.3) is 5.78 Å². The van der Waals surface area contributed by atoms with Crippen molar-refractivity contribution in [1.82, 2.24) is 19.6 Å². The molecule has 0 amide bonds. The molecule has 0 saturated carbocycles. The van der Waals surface area contributed by atoms with Crippen LogP contribution in [-0.4, -0.2) is 19.6 Å². The van der Waals surface area contributed by atoms with Crippen LogP contribution in [0.2, 0.25) is 0 Å². The van der Waals surface area contributed by atoms with Crippen LogP contribution in [0.3, 0.4) is 0 Å². The molecule has 80 valence electrons. The quantitative estimate of drug-likeness (QED) is 0.765. The molecule has 0 unspecified atom stereocenters. The van der Waals surface area contributed by atoms with E-state index in [1.165, 1.54) is 5.69 Å². The average molecular weight is 204 g/mol. The third kappa shape index (κ3) is 1.98. The molecule has 0 aliphatic heterocycles. The Labute approximate surface area is 89.4 Å². The predicted octanol–water partition coefficient (Wildman–Crippen LogP) is 2.03. The predicted molar refractivity (Wildman–Crippen MR) is 58.8 cm³/mol. The Kier molecular flexibility index (Phi) is 2.94. The van der Waals surface area contributed by atoms with Gasteiger partial charge in [0.2, 0.25) is 0 Å². The summed E-state index contributed by atoms with van der Waals surface area (Å²) < 4.78 is 1.84. The number of hydrogen-bond acceptors (Lipinski definition) is 3. The van der Waals surface area contributed by atoms with Crippen LogP contribution in [-0.2, 0) is 12.8 Å². The van der Waals surface area contributed by atoms with Crippen LogP contribution in [0.5, 0.6) is 0 Å². The SMILES string of the molecule is CCCc1cc(CCC)n2ncnc2n1. The van der Waals surface area contributed by atoms with Crippen molar-refractivity contribution in [3.63, 3.8) is 0 Å². The maximum atomic E-state index is 4.46. The summed E-state index contributed by atoms with van der Waals surface area (Å²) >= 11 is 0. The van der Waals surface area contributed by atoms with Gasteiger partial charge in [0.1, 0.15) is 6.33 Å². The fraction of sp³-hybridized carbons (Fsp3) is 0.545. The van der Waals surface area contributed by atoms with Crippen molar-refractivity contribution in [1.29, 1.82) is 0 Å². The molecule has 2 heterocycles. The Morgan fingerprint density at radius 2 is 2.00 bits per heavy atom. The molecule has 2 aromatic rings. The first-order chi connectivity index (χ1) is 7.35. The van der Waals surface area contributed by atoms with E-state index in [1.54, 1.807) is 6.33 Å². The third-order valence-electron chi connectivity index (χ3n) is 2.39. The minimum atomic E-state index is 0.726. The average Bonchev–Trinajstić information content (AvgIpc) is 2.67. The Morgan fingerprint density at radius 3 is 2.73 bits per heavy atom. The number of fused-ring (bicyclic) bond motifs is 1. The highest BCUT2D eigenvalue weighted by Crippen LogP contribution is 2.09. The first-order valence-corrected chi connectivity index (χ1v) is 5.53. The first kappa shape index (κ1) is 10.1. The molecule has 0 N–H and O–H groups in total. The van der Waals surface area contributed by atoms with Gasteiger partial charge in [-0.3, -0.25) is 0 Å². The lowest BCUT2D eigenvalue weighted by atomic mass is 10.2. The number of aryl methyl sites for hydroxylation is 2. The number of aromatic nitrogens is 4. The van der Waals surface area contributed by atoms with Gasteiger partial charge in [0, 0.05) is 11.4 Å². The molecule has 0 radical (unpaired) electrons. The van der Waals surface area contributed by atoms with E-state index < -0.39 is 0 Å². The van der Waals surface area contributed by atoms with Gasteiger partial charge in [-0.05, 0) is 18.9 Å². The molecule has 0 fully saturated rings. The standard InChI is InChI=1S/C11H16N4/c1-3-5-9-7-10(6-4-2)15-11(14-9)12-8-13-15/h7-8H,3-6H2,1-2H3. The van der Waals surface area contributed by atoms with E-state index in [2.05, 4.69) is 35.0 Å². The number of nitrogens with zero attached hydrogens (tertiary/aromatic N) is 4. The molecule has 2 aromatic heterocycles. The van der Waals surface area contributed by atoms with Gasteiger partial charge in [0.05, 0.1) is 0 Å². The van der Waals surface area contributed by atoms with Crippen molar-refractivity contribution in [2.24, 2.45) is 0 Å². The summed E-state index contributed by atoms with van der Waals surface area (Å²) in [5, 5.41) is 4.18. The highest BCUT2D eigenvalue weighted by atomic mass is 15.3. The lowest BCUT2D eigenvalue weighted by Gasteiger charge is -2.05. The maximum Gasteiger partial charge on any atom is 0.252 e. The van der Waals surface area contributed by atoms with Crippen molar-refractivity contribution in [3.8, 4) is 0 Å². The largest absolute Gasteiger partial charge is 0.252 e. The normalized spacial score (nSPS) is 11.1. The Hall–Kier alpha value is -1.45. The molecule has 2 rings (SSSR count). The first-order valence-electron chi connectivity index (χ1n) is 5.53. The minimum Gasteiger partial charge on any atom is -0.216 e. The fourth-order valence-electron chi connectivity index (χ4n) is 1.75. The zero-order valence-electron chi connectivity index (χ0n) is 9.27. The summed E-state index contributed by atoms with van der Waals surface area (Å²) in [4.78, 5) is 8.60. The molecular formula is C11H16N4. The van der Waals surface area contributed by atoms with Crippen LogP contribution in [0.4, 0.5) is 0 Å². The summed E-state index contributed by atoms with van der Waals surface area (Å²) in [7, 11) is 0. The summed E-state index contributed by atoms with van der Waals surface area (Å²) in [6, 6.07) is 2.15. The van der Waals surface area contributed by atoms with Gasteiger partial charge in [0.15, 0.2) is 0 Å². The monoisotopic (exact) mass is 204 g/mol. The highest BCUT2D eigenvalue weighted by molar-refractivity contribution is 5.30. The van der Waals surface area contributed by atoms with Crippen molar-refractivity contribution in [3.05, 3.63) is 23.8 Å². The molecule has 0 aliphatic rings. The van der Waals surface area contributed by atoms with Gasteiger partial charge in [-0.2, -0.15) is 10.1 Å². The van der Waals surface area contributed by atoms with Crippen LogP contribution in [0.1, 0.15) is 38.1 Å². The molecule has 0 spiro atoms. The van der Waals surface area contributed by atoms with E-state index in [0.717, 1.165) is 37.2 Å². The van der Waals surface area contributed by atoms with Gasteiger partial charge in [-0.25, -0.2) is 9.50 Å². The highest BCUT2D eigenvalue weighted by Gasteiger charge is 2.05. The topological polar surface area (TPSA) is 43.1 Å². The summed E-state index contributed by atoms with van der Waals surface area (Å²) in [5.41, 5.74) is 2.34. The number of hydrogen-bond donors (Lipinski definition) is 0. The molecule has 4 heteroatoms. The third-order valence-corrected chi connectivity index (χ3v) is 2.39. The molecule has 0 aromatic carbocycles. The lowest BCUT2D eigenvalue weighted by Crippen LogP contribution is -2.03. The van der Waals surface area contributed by atoms with Crippen LogP contribution in [0.15, 0.2) is 12.4 Å². The molecule has 0 atom stereocenters. The zero-order valence-corrected chi connectivity index (χ0v) is 9.27.